The SMILES string of the molecule is COc1cc(NN=Cc2ccc([N+](=O)[O-])cc2)cc(OC)c1OC. The summed E-state index contributed by atoms with van der Waals surface area (Å²) in [4.78, 5) is 10.2. The average molecular weight is 331 g/mol. The molecule has 0 aliphatic carbocycles. The molecular weight excluding hydrogens is 314 g/mol. The number of ether oxygens (including phenoxy) is 3. The minimum Gasteiger partial charge on any atom is -0.493 e. The van der Waals surface area contributed by atoms with Gasteiger partial charge in [-0.25, -0.2) is 0 Å². The molecule has 0 saturated heterocycles. The van der Waals surface area contributed by atoms with Crippen molar-refractivity contribution in [2.45, 2.75) is 0 Å². The van der Waals surface area contributed by atoms with E-state index in [2.05, 4.69) is 10.5 Å². The van der Waals surface area contributed by atoms with E-state index in [1.807, 2.05) is 0 Å². The molecule has 2 aromatic carbocycles. The zero-order chi connectivity index (χ0) is 17.5. The van der Waals surface area contributed by atoms with Crippen molar-refractivity contribution in [3.63, 3.8) is 0 Å². The van der Waals surface area contributed by atoms with E-state index in [4.69, 9.17) is 14.2 Å². The van der Waals surface area contributed by atoms with Crippen LogP contribution in [0, 0.1) is 10.1 Å². The van der Waals surface area contributed by atoms with Crippen molar-refractivity contribution in [2.24, 2.45) is 5.10 Å². The van der Waals surface area contributed by atoms with Gasteiger partial charge in [0.1, 0.15) is 0 Å². The maximum absolute atomic E-state index is 10.6. The number of rotatable bonds is 7. The molecule has 0 radical (unpaired) electrons. The molecule has 1 N–H and O–H groups in total. The van der Waals surface area contributed by atoms with Gasteiger partial charge >= 0.3 is 0 Å². The minimum atomic E-state index is -0.449. The second-order valence-electron chi connectivity index (χ2n) is 4.63. The van der Waals surface area contributed by atoms with E-state index in [1.54, 1.807) is 30.5 Å². The van der Waals surface area contributed by atoms with Gasteiger partial charge in [-0.2, -0.15) is 5.10 Å². The van der Waals surface area contributed by atoms with Crippen LogP contribution in [0.3, 0.4) is 0 Å². The first-order valence-electron chi connectivity index (χ1n) is 6.92. The number of benzene rings is 2. The minimum absolute atomic E-state index is 0.0322. The fraction of sp³-hybridized carbons (Fsp3) is 0.188. The molecule has 126 valence electrons. The van der Waals surface area contributed by atoms with Crippen molar-refractivity contribution >= 4 is 17.6 Å². The Balaban J connectivity index is 2.14. The molecule has 0 saturated carbocycles. The fourth-order valence-electron chi connectivity index (χ4n) is 2.01. The maximum Gasteiger partial charge on any atom is 0.269 e. The van der Waals surface area contributed by atoms with Gasteiger partial charge in [0.05, 0.1) is 38.2 Å². The Morgan fingerprint density at radius 3 is 2.08 bits per heavy atom. The summed E-state index contributed by atoms with van der Waals surface area (Å²) in [5.74, 6) is 1.50. The summed E-state index contributed by atoms with van der Waals surface area (Å²) in [6.45, 7) is 0. The van der Waals surface area contributed by atoms with Crippen LogP contribution in [0.25, 0.3) is 0 Å². The Bertz CT molecular complexity index is 719. The van der Waals surface area contributed by atoms with Crippen molar-refractivity contribution in [2.75, 3.05) is 26.8 Å². The first kappa shape index (κ1) is 17.1. The number of nitrogens with one attached hydrogen (secondary N) is 1. The van der Waals surface area contributed by atoms with Crippen LogP contribution in [0.2, 0.25) is 0 Å². The van der Waals surface area contributed by atoms with E-state index in [9.17, 15) is 10.1 Å². The number of non-ortho nitro benzene ring substituents is 1. The second-order valence-corrected chi connectivity index (χ2v) is 4.63. The molecule has 24 heavy (non-hydrogen) atoms. The van der Waals surface area contributed by atoms with E-state index in [-0.39, 0.29) is 5.69 Å². The number of nitro benzene ring substituents is 1. The third-order valence-corrected chi connectivity index (χ3v) is 3.18. The van der Waals surface area contributed by atoms with Gasteiger partial charge in [-0.3, -0.25) is 15.5 Å². The predicted molar refractivity (Wildman–Crippen MR) is 90.4 cm³/mol. The lowest BCUT2D eigenvalue weighted by atomic mass is 10.2. The normalized spacial score (nSPS) is 10.5. The molecule has 0 fully saturated rings. The highest BCUT2D eigenvalue weighted by Gasteiger charge is 2.12. The van der Waals surface area contributed by atoms with Crippen molar-refractivity contribution in [1.82, 2.24) is 0 Å². The molecule has 0 unspecified atom stereocenters. The number of hydrogen-bond acceptors (Lipinski definition) is 7. The lowest BCUT2D eigenvalue weighted by molar-refractivity contribution is -0.384. The first-order valence-corrected chi connectivity index (χ1v) is 6.92. The Morgan fingerprint density at radius 2 is 1.62 bits per heavy atom. The third-order valence-electron chi connectivity index (χ3n) is 3.18. The molecule has 0 aromatic heterocycles. The van der Waals surface area contributed by atoms with Crippen molar-refractivity contribution in [3.8, 4) is 17.2 Å². The van der Waals surface area contributed by atoms with E-state index in [0.29, 0.717) is 22.9 Å². The summed E-state index contributed by atoms with van der Waals surface area (Å²) in [5.41, 5.74) is 4.25. The lowest BCUT2D eigenvalue weighted by Gasteiger charge is -2.13. The molecule has 8 nitrogen and oxygen atoms in total. The van der Waals surface area contributed by atoms with Crippen LogP contribution in [0.4, 0.5) is 11.4 Å². The van der Waals surface area contributed by atoms with Gasteiger partial charge in [-0.1, -0.05) is 0 Å². The van der Waals surface area contributed by atoms with Crippen LogP contribution in [0.15, 0.2) is 41.5 Å². The highest BCUT2D eigenvalue weighted by Crippen LogP contribution is 2.39. The van der Waals surface area contributed by atoms with Gasteiger partial charge < -0.3 is 14.2 Å². The molecule has 0 amide bonds. The molecule has 0 aliphatic heterocycles. The Kier molecular flexibility index (Phi) is 5.56. The van der Waals surface area contributed by atoms with Gasteiger partial charge in [-0.15, -0.1) is 0 Å². The van der Waals surface area contributed by atoms with Gasteiger partial charge in [0.15, 0.2) is 11.5 Å². The van der Waals surface area contributed by atoms with E-state index < -0.39 is 4.92 Å². The number of hydrogen-bond donors (Lipinski definition) is 1. The molecule has 0 heterocycles. The predicted octanol–water partition coefficient (Wildman–Crippen LogP) is 3.07. The standard InChI is InChI=1S/C16H17N3O5/c1-22-14-8-12(9-15(23-2)16(14)24-3)18-17-10-11-4-6-13(7-5-11)19(20)21/h4-10,18H,1-3H3. The van der Waals surface area contributed by atoms with Crippen LogP contribution in [0.1, 0.15) is 5.56 Å². The zero-order valence-electron chi connectivity index (χ0n) is 13.5. The Morgan fingerprint density at radius 1 is 1.04 bits per heavy atom. The van der Waals surface area contributed by atoms with E-state index in [1.165, 1.54) is 33.5 Å². The summed E-state index contributed by atoms with van der Waals surface area (Å²) in [5, 5.41) is 14.7. The number of hydrazone groups is 1. The average Bonchev–Trinajstić information content (AvgIpc) is 2.61. The van der Waals surface area contributed by atoms with Gasteiger partial charge in [0.2, 0.25) is 5.75 Å². The second kappa shape index (κ2) is 7.82. The molecule has 0 bridgehead atoms. The molecule has 2 aromatic rings. The molecule has 2 rings (SSSR count). The number of methoxy groups -OCH3 is 3. The topological polar surface area (TPSA) is 95.2 Å². The highest BCUT2D eigenvalue weighted by molar-refractivity contribution is 5.80. The summed E-state index contributed by atoms with van der Waals surface area (Å²) >= 11 is 0. The summed E-state index contributed by atoms with van der Waals surface area (Å²) in [6, 6.07) is 9.49. The molecule has 0 aliphatic rings. The zero-order valence-corrected chi connectivity index (χ0v) is 13.5. The van der Waals surface area contributed by atoms with Crippen LogP contribution in [-0.2, 0) is 0 Å². The number of anilines is 1. The molecular formula is C16H17N3O5. The highest BCUT2D eigenvalue weighted by atomic mass is 16.6. The van der Waals surface area contributed by atoms with Gasteiger partial charge in [-0.05, 0) is 17.7 Å². The molecule has 0 spiro atoms. The summed E-state index contributed by atoms with van der Waals surface area (Å²) in [6.07, 6.45) is 1.55. The van der Waals surface area contributed by atoms with Crippen molar-refractivity contribution in [1.29, 1.82) is 0 Å². The van der Waals surface area contributed by atoms with Crippen molar-refractivity contribution in [3.05, 3.63) is 52.1 Å². The van der Waals surface area contributed by atoms with Gasteiger partial charge in [0.25, 0.3) is 5.69 Å². The first-order chi connectivity index (χ1) is 11.6. The largest absolute Gasteiger partial charge is 0.493 e. The monoisotopic (exact) mass is 331 g/mol. The van der Waals surface area contributed by atoms with Crippen LogP contribution >= 0.6 is 0 Å². The maximum atomic E-state index is 10.6. The van der Waals surface area contributed by atoms with Crippen molar-refractivity contribution < 1.29 is 19.1 Å². The Hall–Kier alpha value is -3.29. The van der Waals surface area contributed by atoms with Crippen LogP contribution < -0.4 is 19.6 Å². The summed E-state index contributed by atoms with van der Waals surface area (Å²) < 4.78 is 15.8. The quantitative estimate of drug-likeness (QED) is 0.476. The lowest BCUT2D eigenvalue weighted by Crippen LogP contribution is -1.97. The fourth-order valence-corrected chi connectivity index (χ4v) is 2.01. The smallest absolute Gasteiger partial charge is 0.269 e. The van der Waals surface area contributed by atoms with Crippen LogP contribution in [0.5, 0.6) is 17.2 Å². The molecule has 0 atom stereocenters. The number of nitro groups is 1. The van der Waals surface area contributed by atoms with Gasteiger partial charge in [0, 0.05) is 24.3 Å². The molecule has 8 heteroatoms. The number of nitrogens with zero attached hydrogens (tertiary/aromatic N) is 2. The Labute approximate surface area is 138 Å². The summed E-state index contributed by atoms with van der Waals surface area (Å²) in [7, 11) is 4.59. The van der Waals surface area contributed by atoms with E-state index in [0.717, 1.165) is 5.56 Å². The van der Waals surface area contributed by atoms with E-state index >= 15 is 0 Å². The third kappa shape index (κ3) is 3.92. The van der Waals surface area contributed by atoms with Crippen LogP contribution in [-0.4, -0.2) is 32.5 Å².